The molecule has 1 aromatic rings. The molecule has 0 amide bonds. The van der Waals surface area contributed by atoms with Gasteiger partial charge in [0.1, 0.15) is 9.84 Å². The summed E-state index contributed by atoms with van der Waals surface area (Å²) in [6.07, 6.45) is 2.37. The smallest absolute Gasteiger partial charge is 0.148 e. The van der Waals surface area contributed by atoms with Crippen molar-refractivity contribution in [3.63, 3.8) is 0 Å². The highest BCUT2D eigenvalue weighted by atomic mass is 32.2. The molecule has 120 valence electrons. The molecule has 21 heavy (non-hydrogen) atoms. The van der Waals surface area contributed by atoms with Crippen molar-refractivity contribution >= 4 is 9.84 Å². The Balaban J connectivity index is 2.72. The predicted molar refractivity (Wildman–Crippen MR) is 89.4 cm³/mol. The number of rotatable bonds is 9. The van der Waals surface area contributed by atoms with E-state index < -0.39 is 9.84 Å². The van der Waals surface area contributed by atoms with E-state index in [9.17, 15) is 8.42 Å². The molecule has 0 spiro atoms. The second-order valence-corrected chi connectivity index (χ2v) is 8.02. The standard InChI is InChI=1S/C16H28N2O2S/c1-5-10-17-16(15-9-7-6-8-14(15)2)13-18(3)11-12-21(4,19)20/h6-9,16-17H,5,10-13H2,1-4H3. The number of sulfone groups is 1. The van der Waals surface area contributed by atoms with Gasteiger partial charge in [0.2, 0.25) is 0 Å². The molecule has 0 aromatic heterocycles. The van der Waals surface area contributed by atoms with Gasteiger partial charge in [-0.3, -0.25) is 0 Å². The predicted octanol–water partition coefficient (Wildman–Crippen LogP) is 2.01. The average molecular weight is 312 g/mol. The van der Waals surface area contributed by atoms with Crippen molar-refractivity contribution in [2.75, 3.05) is 38.7 Å². The van der Waals surface area contributed by atoms with Crippen molar-refractivity contribution < 1.29 is 8.42 Å². The van der Waals surface area contributed by atoms with Gasteiger partial charge in [-0.15, -0.1) is 0 Å². The van der Waals surface area contributed by atoms with Crippen molar-refractivity contribution in [2.24, 2.45) is 0 Å². The molecule has 4 nitrogen and oxygen atoms in total. The Hall–Kier alpha value is -0.910. The number of likely N-dealkylation sites (N-methyl/N-ethyl adjacent to an activating group) is 1. The summed E-state index contributed by atoms with van der Waals surface area (Å²) < 4.78 is 22.6. The third kappa shape index (κ3) is 7.07. The summed E-state index contributed by atoms with van der Waals surface area (Å²) in [7, 11) is -0.931. The lowest BCUT2D eigenvalue weighted by Crippen LogP contribution is -2.36. The minimum absolute atomic E-state index is 0.206. The topological polar surface area (TPSA) is 49.4 Å². The van der Waals surface area contributed by atoms with E-state index in [-0.39, 0.29) is 11.8 Å². The normalized spacial score (nSPS) is 13.6. The zero-order valence-corrected chi connectivity index (χ0v) is 14.4. The highest BCUT2D eigenvalue weighted by Gasteiger charge is 2.16. The number of nitrogens with zero attached hydrogens (tertiary/aromatic N) is 1. The minimum atomic E-state index is -2.91. The third-order valence-electron chi connectivity index (χ3n) is 3.54. The summed E-state index contributed by atoms with van der Waals surface area (Å²) in [5.74, 6) is 0.206. The maximum absolute atomic E-state index is 11.3. The third-order valence-corrected chi connectivity index (χ3v) is 4.47. The number of hydrogen-bond donors (Lipinski definition) is 1. The zero-order chi connectivity index (χ0) is 15.9. The Bertz CT molecular complexity index is 529. The Kier molecular flexibility index (Phi) is 7.35. The van der Waals surface area contributed by atoms with Crippen LogP contribution in [-0.2, 0) is 9.84 Å². The van der Waals surface area contributed by atoms with Crippen LogP contribution in [0, 0.1) is 6.92 Å². The molecule has 0 bridgehead atoms. The van der Waals surface area contributed by atoms with E-state index >= 15 is 0 Å². The van der Waals surface area contributed by atoms with Crippen molar-refractivity contribution in [3.8, 4) is 0 Å². The number of benzene rings is 1. The van der Waals surface area contributed by atoms with E-state index in [0.29, 0.717) is 6.54 Å². The number of nitrogens with one attached hydrogen (secondary N) is 1. The second kappa shape index (κ2) is 8.51. The van der Waals surface area contributed by atoms with Gasteiger partial charge in [-0.25, -0.2) is 8.42 Å². The molecule has 0 fully saturated rings. The first-order valence-electron chi connectivity index (χ1n) is 7.48. The molecular weight excluding hydrogens is 284 g/mol. The van der Waals surface area contributed by atoms with Crippen LogP contribution in [0.1, 0.15) is 30.5 Å². The Labute approximate surface area is 129 Å². The maximum Gasteiger partial charge on any atom is 0.148 e. The average Bonchev–Trinajstić information content (AvgIpc) is 2.41. The van der Waals surface area contributed by atoms with Crippen molar-refractivity contribution in [3.05, 3.63) is 35.4 Å². The second-order valence-electron chi connectivity index (χ2n) is 5.76. The van der Waals surface area contributed by atoms with Gasteiger partial charge in [-0.1, -0.05) is 31.2 Å². The van der Waals surface area contributed by atoms with Crippen molar-refractivity contribution in [2.45, 2.75) is 26.3 Å². The summed E-state index contributed by atoms with van der Waals surface area (Å²) in [5, 5.41) is 3.56. The lowest BCUT2D eigenvalue weighted by Gasteiger charge is -2.26. The van der Waals surface area contributed by atoms with Gasteiger partial charge in [0.15, 0.2) is 0 Å². The molecule has 0 heterocycles. The van der Waals surface area contributed by atoms with Crippen LogP contribution in [0.4, 0.5) is 0 Å². The molecule has 1 unspecified atom stereocenters. The van der Waals surface area contributed by atoms with E-state index in [2.05, 4.69) is 42.3 Å². The van der Waals surface area contributed by atoms with Crippen molar-refractivity contribution in [1.82, 2.24) is 10.2 Å². The summed E-state index contributed by atoms with van der Waals surface area (Å²) in [6.45, 7) is 6.59. The molecule has 0 saturated heterocycles. The fourth-order valence-corrected chi connectivity index (χ4v) is 2.94. The first kappa shape index (κ1) is 18.1. The molecule has 0 aliphatic rings. The van der Waals surface area contributed by atoms with Gasteiger partial charge in [0.25, 0.3) is 0 Å². The van der Waals surface area contributed by atoms with Gasteiger partial charge in [0, 0.05) is 25.4 Å². The van der Waals surface area contributed by atoms with Crippen LogP contribution in [0.2, 0.25) is 0 Å². The van der Waals surface area contributed by atoms with Crippen LogP contribution in [0.15, 0.2) is 24.3 Å². The van der Waals surface area contributed by atoms with Crippen LogP contribution in [0.25, 0.3) is 0 Å². The fraction of sp³-hybridized carbons (Fsp3) is 0.625. The van der Waals surface area contributed by atoms with Crippen LogP contribution in [-0.4, -0.2) is 52.0 Å². The lowest BCUT2D eigenvalue weighted by molar-refractivity contribution is 0.303. The van der Waals surface area contributed by atoms with Gasteiger partial charge in [0.05, 0.1) is 5.75 Å². The largest absolute Gasteiger partial charge is 0.309 e. The van der Waals surface area contributed by atoms with E-state index in [4.69, 9.17) is 0 Å². The van der Waals surface area contributed by atoms with E-state index in [1.165, 1.54) is 17.4 Å². The van der Waals surface area contributed by atoms with Crippen LogP contribution >= 0.6 is 0 Å². The van der Waals surface area contributed by atoms with Crippen LogP contribution in [0.3, 0.4) is 0 Å². The summed E-state index contributed by atoms with van der Waals surface area (Å²) in [6, 6.07) is 8.60. The summed E-state index contributed by atoms with van der Waals surface area (Å²) in [4.78, 5) is 2.08. The number of hydrogen-bond acceptors (Lipinski definition) is 4. The molecule has 0 saturated carbocycles. The fourth-order valence-electron chi connectivity index (χ4n) is 2.29. The monoisotopic (exact) mass is 312 g/mol. The first-order chi connectivity index (χ1) is 9.83. The van der Waals surface area contributed by atoms with Gasteiger partial charge < -0.3 is 10.2 Å². The molecule has 1 aromatic carbocycles. The molecule has 1 N–H and O–H groups in total. The van der Waals surface area contributed by atoms with Gasteiger partial charge in [-0.05, 0) is 38.1 Å². The Morgan fingerprint density at radius 3 is 2.52 bits per heavy atom. The molecular formula is C16H28N2O2S. The Morgan fingerprint density at radius 1 is 1.29 bits per heavy atom. The minimum Gasteiger partial charge on any atom is -0.309 e. The van der Waals surface area contributed by atoms with Crippen LogP contribution in [0.5, 0.6) is 0 Å². The Morgan fingerprint density at radius 2 is 1.95 bits per heavy atom. The van der Waals surface area contributed by atoms with Crippen LogP contribution < -0.4 is 5.32 Å². The van der Waals surface area contributed by atoms with E-state index in [1.807, 2.05) is 13.1 Å². The molecule has 0 radical (unpaired) electrons. The number of aryl methyl sites for hydroxylation is 1. The van der Waals surface area contributed by atoms with E-state index in [0.717, 1.165) is 19.5 Å². The molecule has 0 aliphatic heterocycles. The highest BCUT2D eigenvalue weighted by molar-refractivity contribution is 7.90. The molecule has 1 atom stereocenters. The lowest BCUT2D eigenvalue weighted by atomic mass is 10.0. The van der Waals surface area contributed by atoms with Gasteiger partial charge in [-0.2, -0.15) is 0 Å². The molecule has 5 heteroatoms. The quantitative estimate of drug-likeness (QED) is 0.758. The van der Waals surface area contributed by atoms with Crippen molar-refractivity contribution in [1.29, 1.82) is 0 Å². The van der Waals surface area contributed by atoms with E-state index in [1.54, 1.807) is 0 Å². The summed E-state index contributed by atoms with van der Waals surface area (Å²) >= 11 is 0. The molecule has 1 rings (SSSR count). The summed E-state index contributed by atoms with van der Waals surface area (Å²) in [5.41, 5.74) is 2.56. The highest BCUT2D eigenvalue weighted by Crippen LogP contribution is 2.18. The SMILES string of the molecule is CCCNC(CN(C)CCS(C)(=O)=O)c1ccccc1C. The molecule has 0 aliphatic carbocycles. The zero-order valence-electron chi connectivity index (χ0n) is 13.6. The van der Waals surface area contributed by atoms with Gasteiger partial charge >= 0.3 is 0 Å². The first-order valence-corrected chi connectivity index (χ1v) is 9.54. The maximum atomic E-state index is 11.3.